The molecule has 1 aromatic heterocycles. The van der Waals surface area contributed by atoms with Crippen LogP contribution in [-0.2, 0) is 6.54 Å². The fourth-order valence-electron chi connectivity index (χ4n) is 1.50. The standard InChI is InChI=1S/C11H12BrN3/c1-8-13-9(2)15(14-8)7-10-5-3-4-6-11(10)12/h3-6H,7H2,1-2H3. The van der Waals surface area contributed by atoms with Crippen LogP contribution in [0.25, 0.3) is 0 Å². The highest BCUT2D eigenvalue weighted by Crippen LogP contribution is 2.17. The Labute approximate surface area is 97.3 Å². The Balaban J connectivity index is 2.29. The first kappa shape index (κ1) is 10.4. The molecule has 2 rings (SSSR count). The summed E-state index contributed by atoms with van der Waals surface area (Å²) in [4.78, 5) is 4.27. The lowest BCUT2D eigenvalue weighted by atomic mass is 10.2. The van der Waals surface area contributed by atoms with Crippen LogP contribution in [0.1, 0.15) is 17.2 Å². The molecule has 0 aliphatic rings. The highest BCUT2D eigenvalue weighted by molar-refractivity contribution is 9.10. The van der Waals surface area contributed by atoms with Gasteiger partial charge in [-0.25, -0.2) is 9.67 Å². The fourth-order valence-corrected chi connectivity index (χ4v) is 1.91. The normalized spacial score (nSPS) is 10.6. The summed E-state index contributed by atoms with van der Waals surface area (Å²) in [5, 5.41) is 4.33. The molecule has 0 bridgehead atoms. The largest absolute Gasteiger partial charge is 0.246 e. The molecule has 78 valence electrons. The molecular formula is C11H12BrN3. The number of nitrogens with zero attached hydrogens (tertiary/aromatic N) is 3. The predicted molar refractivity (Wildman–Crippen MR) is 62.7 cm³/mol. The summed E-state index contributed by atoms with van der Waals surface area (Å²) in [7, 11) is 0. The van der Waals surface area contributed by atoms with Crippen LogP contribution in [0.5, 0.6) is 0 Å². The Hall–Kier alpha value is -1.16. The maximum atomic E-state index is 4.33. The van der Waals surface area contributed by atoms with Gasteiger partial charge in [-0.3, -0.25) is 0 Å². The Kier molecular flexibility index (Phi) is 2.86. The quantitative estimate of drug-likeness (QED) is 0.836. The number of benzene rings is 1. The first-order valence-electron chi connectivity index (χ1n) is 4.78. The molecule has 0 amide bonds. The monoisotopic (exact) mass is 265 g/mol. The second kappa shape index (κ2) is 4.14. The molecular weight excluding hydrogens is 254 g/mol. The molecule has 3 nitrogen and oxygen atoms in total. The highest BCUT2D eigenvalue weighted by Gasteiger charge is 2.05. The van der Waals surface area contributed by atoms with Gasteiger partial charge in [0, 0.05) is 4.47 Å². The average Bonchev–Trinajstić information content (AvgIpc) is 2.49. The number of aromatic nitrogens is 3. The van der Waals surface area contributed by atoms with Crippen molar-refractivity contribution < 1.29 is 0 Å². The summed E-state index contributed by atoms with van der Waals surface area (Å²) in [5.41, 5.74) is 1.21. The van der Waals surface area contributed by atoms with Gasteiger partial charge in [-0.1, -0.05) is 34.1 Å². The van der Waals surface area contributed by atoms with E-state index in [0.717, 1.165) is 22.7 Å². The second-order valence-corrected chi connectivity index (χ2v) is 4.31. The molecule has 4 heteroatoms. The van der Waals surface area contributed by atoms with E-state index in [4.69, 9.17) is 0 Å². The van der Waals surface area contributed by atoms with Crippen molar-refractivity contribution in [1.82, 2.24) is 14.8 Å². The molecule has 0 unspecified atom stereocenters. The molecule has 1 aromatic carbocycles. The van der Waals surface area contributed by atoms with Crippen LogP contribution in [0.4, 0.5) is 0 Å². The summed E-state index contributed by atoms with van der Waals surface area (Å²) in [6, 6.07) is 8.15. The predicted octanol–water partition coefficient (Wildman–Crippen LogP) is 2.71. The summed E-state index contributed by atoms with van der Waals surface area (Å²) in [6.07, 6.45) is 0. The maximum Gasteiger partial charge on any atom is 0.147 e. The summed E-state index contributed by atoms with van der Waals surface area (Å²) < 4.78 is 3.02. The van der Waals surface area contributed by atoms with E-state index in [1.807, 2.05) is 36.7 Å². The Morgan fingerprint density at radius 2 is 2.00 bits per heavy atom. The van der Waals surface area contributed by atoms with E-state index in [1.165, 1.54) is 5.56 Å². The average molecular weight is 266 g/mol. The first-order valence-corrected chi connectivity index (χ1v) is 5.57. The van der Waals surface area contributed by atoms with E-state index < -0.39 is 0 Å². The summed E-state index contributed by atoms with van der Waals surface area (Å²) in [5.74, 6) is 1.77. The van der Waals surface area contributed by atoms with Gasteiger partial charge in [-0.05, 0) is 25.5 Å². The van der Waals surface area contributed by atoms with Gasteiger partial charge < -0.3 is 0 Å². The number of halogens is 1. The molecule has 1 heterocycles. The summed E-state index contributed by atoms with van der Waals surface area (Å²) >= 11 is 3.52. The van der Waals surface area contributed by atoms with Crippen LogP contribution in [-0.4, -0.2) is 14.8 Å². The lowest BCUT2D eigenvalue weighted by Gasteiger charge is -2.05. The third kappa shape index (κ3) is 2.26. The molecule has 0 aliphatic heterocycles. The molecule has 0 radical (unpaired) electrons. The molecule has 0 atom stereocenters. The zero-order valence-corrected chi connectivity index (χ0v) is 10.3. The van der Waals surface area contributed by atoms with Crippen molar-refractivity contribution in [3.05, 3.63) is 46.0 Å². The van der Waals surface area contributed by atoms with Crippen molar-refractivity contribution in [2.75, 3.05) is 0 Å². The first-order chi connectivity index (χ1) is 7.16. The van der Waals surface area contributed by atoms with E-state index in [0.29, 0.717) is 0 Å². The van der Waals surface area contributed by atoms with Gasteiger partial charge >= 0.3 is 0 Å². The summed E-state index contributed by atoms with van der Waals surface area (Å²) in [6.45, 7) is 4.63. The zero-order chi connectivity index (χ0) is 10.8. The van der Waals surface area contributed by atoms with Crippen molar-refractivity contribution in [2.45, 2.75) is 20.4 Å². The highest BCUT2D eigenvalue weighted by atomic mass is 79.9. The third-order valence-electron chi connectivity index (χ3n) is 2.24. The molecule has 0 fully saturated rings. The minimum absolute atomic E-state index is 0.758. The van der Waals surface area contributed by atoms with Gasteiger partial charge in [0.25, 0.3) is 0 Å². The van der Waals surface area contributed by atoms with Gasteiger partial charge in [0.2, 0.25) is 0 Å². The van der Waals surface area contributed by atoms with Gasteiger partial charge in [0.1, 0.15) is 11.6 Å². The smallest absolute Gasteiger partial charge is 0.147 e. The van der Waals surface area contributed by atoms with Crippen molar-refractivity contribution in [1.29, 1.82) is 0 Å². The molecule has 0 saturated carbocycles. The van der Waals surface area contributed by atoms with Crippen LogP contribution < -0.4 is 0 Å². The van der Waals surface area contributed by atoms with E-state index >= 15 is 0 Å². The van der Waals surface area contributed by atoms with Crippen molar-refractivity contribution in [2.24, 2.45) is 0 Å². The lowest BCUT2D eigenvalue weighted by molar-refractivity contribution is 0.654. The zero-order valence-electron chi connectivity index (χ0n) is 8.74. The topological polar surface area (TPSA) is 30.7 Å². The van der Waals surface area contributed by atoms with Gasteiger partial charge in [-0.15, -0.1) is 0 Å². The van der Waals surface area contributed by atoms with Crippen LogP contribution in [0.3, 0.4) is 0 Å². The van der Waals surface area contributed by atoms with Gasteiger partial charge in [0.15, 0.2) is 0 Å². The van der Waals surface area contributed by atoms with E-state index in [2.05, 4.69) is 32.1 Å². The van der Waals surface area contributed by atoms with Crippen LogP contribution >= 0.6 is 15.9 Å². The third-order valence-corrected chi connectivity index (χ3v) is 3.01. The molecule has 0 aliphatic carbocycles. The SMILES string of the molecule is Cc1nc(C)n(Cc2ccccc2Br)n1. The minimum Gasteiger partial charge on any atom is -0.246 e. The van der Waals surface area contributed by atoms with E-state index in [9.17, 15) is 0 Å². The number of hydrogen-bond donors (Lipinski definition) is 0. The van der Waals surface area contributed by atoms with E-state index in [-0.39, 0.29) is 0 Å². The lowest BCUT2D eigenvalue weighted by Crippen LogP contribution is -2.04. The Morgan fingerprint density at radius 3 is 2.60 bits per heavy atom. The van der Waals surface area contributed by atoms with Crippen LogP contribution in [0.2, 0.25) is 0 Å². The van der Waals surface area contributed by atoms with Crippen molar-refractivity contribution in [3.8, 4) is 0 Å². The van der Waals surface area contributed by atoms with E-state index in [1.54, 1.807) is 0 Å². The molecule has 2 aromatic rings. The molecule has 0 N–H and O–H groups in total. The van der Waals surface area contributed by atoms with Crippen LogP contribution in [0, 0.1) is 13.8 Å². The molecule has 0 saturated heterocycles. The number of hydrogen-bond acceptors (Lipinski definition) is 2. The van der Waals surface area contributed by atoms with Gasteiger partial charge in [0.05, 0.1) is 6.54 Å². The molecule has 15 heavy (non-hydrogen) atoms. The Morgan fingerprint density at radius 1 is 1.27 bits per heavy atom. The van der Waals surface area contributed by atoms with Crippen molar-refractivity contribution in [3.63, 3.8) is 0 Å². The Bertz CT molecular complexity index is 476. The maximum absolute atomic E-state index is 4.33. The molecule has 0 spiro atoms. The van der Waals surface area contributed by atoms with Crippen molar-refractivity contribution >= 4 is 15.9 Å². The number of rotatable bonds is 2. The second-order valence-electron chi connectivity index (χ2n) is 3.46. The van der Waals surface area contributed by atoms with Crippen LogP contribution in [0.15, 0.2) is 28.7 Å². The van der Waals surface area contributed by atoms with Gasteiger partial charge in [-0.2, -0.15) is 5.10 Å². The number of aryl methyl sites for hydroxylation is 2. The minimum atomic E-state index is 0.758. The fraction of sp³-hybridized carbons (Fsp3) is 0.273.